The van der Waals surface area contributed by atoms with E-state index in [2.05, 4.69) is 5.32 Å². The van der Waals surface area contributed by atoms with Gasteiger partial charge in [0.05, 0.1) is 17.4 Å². The summed E-state index contributed by atoms with van der Waals surface area (Å²) in [5.41, 5.74) is 1.29. The molecule has 31 heavy (non-hydrogen) atoms. The van der Waals surface area contributed by atoms with Crippen molar-refractivity contribution >= 4 is 29.3 Å². The first kappa shape index (κ1) is 19.5. The Morgan fingerprint density at radius 3 is 2.45 bits per heavy atom. The molecule has 1 aliphatic heterocycles. The Bertz CT molecular complexity index is 1050. The highest BCUT2D eigenvalue weighted by Crippen LogP contribution is 2.57. The highest BCUT2D eigenvalue weighted by molar-refractivity contribution is 6.00. The number of carbonyl (C=O) groups is 4. The van der Waals surface area contributed by atoms with Gasteiger partial charge in [0.25, 0.3) is 0 Å². The average molecular weight is 419 g/mol. The Morgan fingerprint density at radius 1 is 0.968 bits per heavy atom. The van der Waals surface area contributed by atoms with Crippen LogP contribution in [0.2, 0.25) is 0 Å². The van der Waals surface area contributed by atoms with Crippen LogP contribution in [0.25, 0.3) is 0 Å². The van der Waals surface area contributed by atoms with Crippen molar-refractivity contribution in [3.63, 3.8) is 0 Å². The number of Topliss-reactive ketones (excluding diaryl/α,β-unsaturated/α-hetero) is 1. The van der Waals surface area contributed by atoms with Gasteiger partial charge in [-0.05, 0) is 43.0 Å². The standard InChI is InChI=1S/C24H21NO6/c26-18(13-4-2-1-3-5-13)12-30-23(28)14-6-8-16(9-7-14)25-22(27)20-15-10-17-19(11-15)31-24(29)21(17)20/h1-9,15,17,19-21H,10-12H2,(H,25,27)/t15-,17+,19+,20-,21-/m1/s1. The molecule has 0 spiro atoms. The maximum absolute atomic E-state index is 12.8. The van der Waals surface area contributed by atoms with Gasteiger partial charge >= 0.3 is 11.9 Å². The Labute approximate surface area is 178 Å². The van der Waals surface area contributed by atoms with E-state index >= 15 is 0 Å². The molecule has 0 radical (unpaired) electrons. The number of amides is 1. The quantitative estimate of drug-likeness (QED) is 0.571. The molecular formula is C24H21NO6. The first-order valence-electron chi connectivity index (χ1n) is 10.4. The van der Waals surface area contributed by atoms with E-state index in [1.165, 1.54) is 12.1 Å². The van der Waals surface area contributed by atoms with Gasteiger partial charge in [-0.1, -0.05) is 30.3 Å². The van der Waals surface area contributed by atoms with Gasteiger partial charge in [-0.2, -0.15) is 0 Å². The molecule has 2 aliphatic carbocycles. The number of hydrogen-bond acceptors (Lipinski definition) is 6. The van der Waals surface area contributed by atoms with Crippen LogP contribution in [0.1, 0.15) is 33.6 Å². The van der Waals surface area contributed by atoms with E-state index in [9.17, 15) is 19.2 Å². The van der Waals surface area contributed by atoms with Crippen LogP contribution in [0.4, 0.5) is 5.69 Å². The minimum absolute atomic E-state index is 0.00869. The van der Waals surface area contributed by atoms with Crippen molar-refractivity contribution < 1.29 is 28.7 Å². The van der Waals surface area contributed by atoms with Crippen molar-refractivity contribution in [1.82, 2.24) is 0 Å². The molecule has 1 heterocycles. The summed E-state index contributed by atoms with van der Waals surface area (Å²) in [6.45, 7) is -0.343. The summed E-state index contributed by atoms with van der Waals surface area (Å²) in [7, 11) is 0. The number of hydrogen-bond donors (Lipinski definition) is 1. The lowest BCUT2D eigenvalue weighted by molar-refractivity contribution is -0.145. The third-order valence-corrected chi connectivity index (χ3v) is 6.60. The summed E-state index contributed by atoms with van der Waals surface area (Å²) in [6, 6.07) is 14.9. The molecular weight excluding hydrogens is 398 g/mol. The minimum atomic E-state index is -0.616. The number of esters is 2. The van der Waals surface area contributed by atoms with Gasteiger partial charge < -0.3 is 14.8 Å². The number of ketones is 1. The fourth-order valence-corrected chi connectivity index (χ4v) is 5.20. The molecule has 2 bridgehead atoms. The third kappa shape index (κ3) is 3.50. The fraction of sp³-hybridized carbons (Fsp3) is 0.333. The van der Waals surface area contributed by atoms with E-state index in [0.29, 0.717) is 11.3 Å². The maximum Gasteiger partial charge on any atom is 0.338 e. The molecule has 0 aromatic heterocycles. The predicted molar refractivity (Wildman–Crippen MR) is 109 cm³/mol. The van der Waals surface area contributed by atoms with Crippen LogP contribution < -0.4 is 5.32 Å². The second-order valence-electron chi connectivity index (χ2n) is 8.35. The molecule has 0 unspecified atom stereocenters. The second-order valence-corrected chi connectivity index (χ2v) is 8.35. The van der Waals surface area contributed by atoms with Crippen LogP contribution in [0.3, 0.4) is 0 Å². The van der Waals surface area contributed by atoms with E-state index < -0.39 is 5.97 Å². The predicted octanol–water partition coefficient (Wildman–Crippen LogP) is 2.86. The van der Waals surface area contributed by atoms with E-state index in [4.69, 9.17) is 9.47 Å². The number of fused-ring (bicyclic) bond motifs is 1. The van der Waals surface area contributed by atoms with Crippen molar-refractivity contribution in [2.24, 2.45) is 23.7 Å². The summed E-state index contributed by atoms with van der Waals surface area (Å²) < 4.78 is 10.5. The van der Waals surface area contributed by atoms with Crippen molar-refractivity contribution in [3.05, 3.63) is 65.7 Å². The Kier molecular flexibility index (Phi) is 4.81. The number of nitrogens with one attached hydrogen (secondary N) is 1. The molecule has 1 saturated heterocycles. The molecule has 1 N–H and O–H groups in total. The highest BCUT2D eigenvalue weighted by Gasteiger charge is 2.63. The van der Waals surface area contributed by atoms with Crippen LogP contribution in [-0.4, -0.2) is 36.3 Å². The molecule has 1 amide bonds. The van der Waals surface area contributed by atoms with Crippen LogP contribution in [-0.2, 0) is 19.1 Å². The Balaban J connectivity index is 1.18. The molecule has 5 rings (SSSR count). The number of anilines is 1. The van der Waals surface area contributed by atoms with E-state index in [-0.39, 0.29) is 59.6 Å². The SMILES string of the molecule is O=C(COC(=O)c1ccc(NC(=O)[C@@H]2[C@@H]3C[C@@H]4[C@H]2C(=O)O[C@H]4C3)cc1)c1ccccc1. The first-order chi connectivity index (χ1) is 15.0. The molecule has 2 aromatic rings. The van der Waals surface area contributed by atoms with Gasteiger partial charge in [0.15, 0.2) is 12.4 Å². The molecule has 2 saturated carbocycles. The van der Waals surface area contributed by atoms with Crippen LogP contribution in [0.15, 0.2) is 54.6 Å². The van der Waals surface area contributed by atoms with Crippen LogP contribution in [0, 0.1) is 23.7 Å². The van der Waals surface area contributed by atoms with E-state index in [0.717, 1.165) is 12.8 Å². The maximum atomic E-state index is 12.8. The minimum Gasteiger partial charge on any atom is -0.462 e. The summed E-state index contributed by atoms with van der Waals surface area (Å²) >= 11 is 0. The van der Waals surface area contributed by atoms with Gasteiger partial charge in [-0.3, -0.25) is 14.4 Å². The summed E-state index contributed by atoms with van der Waals surface area (Å²) in [4.78, 5) is 49.2. The van der Waals surface area contributed by atoms with Gasteiger partial charge in [0.2, 0.25) is 5.91 Å². The van der Waals surface area contributed by atoms with Crippen LogP contribution >= 0.6 is 0 Å². The Hall–Kier alpha value is -3.48. The lowest BCUT2D eigenvalue weighted by Crippen LogP contribution is -2.35. The fourth-order valence-electron chi connectivity index (χ4n) is 5.20. The van der Waals surface area contributed by atoms with Gasteiger partial charge in [-0.15, -0.1) is 0 Å². The summed E-state index contributed by atoms with van der Waals surface area (Å²) in [5, 5.41) is 2.86. The lowest BCUT2D eigenvalue weighted by atomic mass is 9.79. The molecule has 7 heteroatoms. The number of ether oxygens (including phenoxy) is 2. The van der Waals surface area contributed by atoms with Crippen molar-refractivity contribution in [1.29, 1.82) is 0 Å². The second kappa shape index (κ2) is 7.65. The molecule has 7 nitrogen and oxygen atoms in total. The monoisotopic (exact) mass is 419 g/mol. The molecule has 5 atom stereocenters. The van der Waals surface area contributed by atoms with Crippen molar-refractivity contribution in [3.8, 4) is 0 Å². The number of rotatable bonds is 6. The molecule has 3 fully saturated rings. The van der Waals surface area contributed by atoms with Gasteiger partial charge in [0, 0.05) is 17.2 Å². The topological polar surface area (TPSA) is 98.8 Å². The normalized spacial score (nSPS) is 27.6. The highest BCUT2D eigenvalue weighted by atomic mass is 16.6. The van der Waals surface area contributed by atoms with Gasteiger partial charge in [-0.25, -0.2) is 4.79 Å². The number of benzene rings is 2. The summed E-state index contributed by atoms with van der Waals surface area (Å²) in [6.07, 6.45) is 1.62. The Morgan fingerprint density at radius 2 is 1.71 bits per heavy atom. The van der Waals surface area contributed by atoms with E-state index in [1.807, 2.05) is 0 Å². The molecule has 3 aliphatic rings. The van der Waals surface area contributed by atoms with Crippen molar-refractivity contribution in [2.45, 2.75) is 18.9 Å². The number of carbonyl (C=O) groups excluding carboxylic acids is 4. The molecule has 2 aromatic carbocycles. The zero-order chi connectivity index (χ0) is 21.5. The zero-order valence-corrected chi connectivity index (χ0v) is 16.7. The van der Waals surface area contributed by atoms with Crippen molar-refractivity contribution in [2.75, 3.05) is 11.9 Å². The van der Waals surface area contributed by atoms with Gasteiger partial charge in [0.1, 0.15) is 6.10 Å². The molecule has 158 valence electrons. The van der Waals surface area contributed by atoms with E-state index in [1.54, 1.807) is 42.5 Å². The lowest BCUT2D eigenvalue weighted by Gasteiger charge is -2.23. The summed E-state index contributed by atoms with van der Waals surface area (Å²) in [5.74, 6) is -1.67. The third-order valence-electron chi connectivity index (χ3n) is 6.60. The smallest absolute Gasteiger partial charge is 0.338 e. The largest absolute Gasteiger partial charge is 0.462 e. The van der Waals surface area contributed by atoms with Crippen LogP contribution in [0.5, 0.6) is 0 Å². The first-order valence-corrected chi connectivity index (χ1v) is 10.4. The average Bonchev–Trinajstić information content (AvgIpc) is 3.41. The zero-order valence-electron chi connectivity index (χ0n) is 16.7.